The Labute approximate surface area is 154 Å². The van der Waals surface area contributed by atoms with Crippen LogP contribution in [-0.2, 0) is 14.3 Å². The third kappa shape index (κ3) is 4.27. The third-order valence-electron chi connectivity index (χ3n) is 4.75. The molecule has 144 valence electrons. The number of carbonyl (C=O) groups excluding carboxylic acids is 2. The molecule has 1 N–H and O–H groups in total. The average Bonchev–Trinajstić information content (AvgIpc) is 3.12. The molecule has 7 nitrogen and oxygen atoms in total. The lowest BCUT2D eigenvalue weighted by molar-refractivity contribution is -0.130. The van der Waals surface area contributed by atoms with Crippen molar-refractivity contribution in [3.05, 3.63) is 23.8 Å². The summed E-state index contributed by atoms with van der Waals surface area (Å²) in [6.07, 6.45) is 0.417. The Hall–Kier alpha value is -2.28. The minimum atomic E-state index is -0.344. The van der Waals surface area contributed by atoms with E-state index in [1.807, 2.05) is 25.1 Å². The van der Waals surface area contributed by atoms with Crippen LogP contribution in [0.1, 0.15) is 24.8 Å². The number of hydrogen-bond donors (Lipinski definition) is 1. The van der Waals surface area contributed by atoms with E-state index in [1.54, 1.807) is 26.2 Å². The van der Waals surface area contributed by atoms with Crippen LogP contribution in [0.15, 0.2) is 18.2 Å². The van der Waals surface area contributed by atoms with Gasteiger partial charge in [0.1, 0.15) is 0 Å². The van der Waals surface area contributed by atoms with Crippen LogP contribution in [0.5, 0.6) is 11.5 Å². The first kappa shape index (κ1) is 20.0. The molecule has 0 radical (unpaired) electrons. The maximum atomic E-state index is 12.7. The summed E-state index contributed by atoms with van der Waals surface area (Å²) in [5.41, 5.74) is 0.880. The predicted molar refractivity (Wildman–Crippen MR) is 97.5 cm³/mol. The van der Waals surface area contributed by atoms with Gasteiger partial charge < -0.3 is 24.4 Å². The van der Waals surface area contributed by atoms with Crippen molar-refractivity contribution in [2.45, 2.75) is 19.3 Å². The Morgan fingerprint density at radius 2 is 1.96 bits per heavy atom. The molecule has 2 amide bonds. The lowest BCUT2D eigenvalue weighted by atomic mass is 9.87. The molecule has 2 rings (SSSR count). The van der Waals surface area contributed by atoms with Crippen LogP contribution in [0.4, 0.5) is 0 Å². The third-order valence-corrected chi connectivity index (χ3v) is 4.75. The number of nitrogens with one attached hydrogen (secondary N) is 1. The molecule has 0 aliphatic carbocycles. The second kappa shape index (κ2) is 9.43. The van der Waals surface area contributed by atoms with Gasteiger partial charge in [-0.25, -0.2) is 0 Å². The molecule has 0 bridgehead atoms. The topological polar surface area (TPSA) is 77.1 Å². The van der Waals surface area contributed by atoms with Gasteiger partial charge in [-0.1, -0.05) is 19.1 Å². The molecule has 1 aromatic rings. The number of nitrogens with zero attached hydrogens (tertiary/aromatic N) is 1. The SMILES string of the molecule is CCC(=O)N1C[C@H](C(=O)NCCOC)[C@@H](c2cccc(OC)c2OC)C1. The van der Waals surface area contributed by atoms with Crippen LogP contribution in [0.2, 0.25) is 0 Å². The van der Waals surface area contributed by atoms with Crippen molar-refractivity contribution < 1.29 is 23.8 Å². The van der Waals surface area contributed by atoms with Gasteiger partial charge in [0, 0.05) is 44.6 Å². The van der Waals surface area contributed by atoms with E-state index in [2.05, 4.69) is 5.32 Å². The standard InChI is InChI=1S/C19H28N2O5/c1-5-17(22)21-11-14(15(12-21)19(23)20-9-10-24-2)13-7-6-8-16(25-3)18(13)26-4/h6-8,14-15H,5,9-12H2,1-4H3,(H,20,23)/t14-,15+/m1/s1. The summed E-state index contributed by atoms with van der Waals surface area (Å²) in [5, 5.41) is 2.89. The summed E-state index contributed by atoms with van der Waals surface area (Å²) in [5.74, 6) is 0.693. The second-order valence-electron chi connectivity index (χ2n) is 6.23. The van der Waals surface area contributed by atoms with Crippen molar-refractivity contribution in [2.24, 2.45) is 5.92 Å². The first-order chi connectivity index (χ1) is 12.6. The van der Waals surface area contributed by atoms with Crippen LogP contribution in [-0.4, -0.2) is 64.3 Å². The summed E-state index contributed by atoms with van der Waals surface area (Å²) in [7, 11) is 4.75. The Morgan fingerprint density at radius 1 is 1.19 bits per heavy atom. The summed E-state index contributed by atoms with van der Waals surface area (Å²) >= 11 is 0. The Balaban J connectivity index is 2.32. The lowest BCUT2D eigenvalue weighted by Crippen LogP contribution is -2.37. The molecule has 1 saturated heterocycles. The summed E-state index contributed by atoms with van der Waals surface area (Å²) in [6, 6.07) is 5.63. The van der Waals surface area contributed by atoms with Crippen molar-refractivity contribution in [3.8, 4) is 11.5 Å². The Bertz CT molecular complexity index is 634. The minimum Gasteiger partial charge on any atom is -0.493 e. The minimum absolute atomic E-state index is 0.0454. The van der Waals surface area contributed by atoms with E-state index in [1.165, 1.54) is 0 Å². The quantitative estimate of drug-likeness (QED) is 0.706. The van der Waals surface area contributed by atoms with E-state index >= 15 is 0 Å². The van der Waals surface area contributed by atoms with Gasteiger partial charge in [-0.2, -0.15) is 0 Å². The average molecular weight is 364 g/mol. The number of likely N-dealkylation sites (tertiary alicyclic amines) is 1. The highest BCUT2D eigenvalue weighted by atomic mass is 16.5. The van der Waals surface area contributed by atoms with Crippen LogP contribution in [0, 0.1) is 5.92 Å². The molecule has 1 aliphatic heterocycles. The normalized spacial score (nSPS) is 19.3. The monoisotopic (exact) mass is 364 g/mol. The van der Waals surface area contributed by atoms with Gasteiger partial charge in [-0.15, -0.1) is 0 Å². The highest BCUT2D eigenvalue weighted by molar-refractivity contribution is 5.83. The van der Waals surface area contributed by atoms with Crippen LogP contribution >= 0.6 is 0 Å². The summed E-state index contributed by atoms with van der Waals surface area (Å²) in [4.78, 5) is 26.7. The smallest absolute Gasteiger partial charge is 0.225 e. The number of benzene rings is 1. The fraction of sp³-hybridized carbons (Fsp3) is 0.579. The van der Waals surface area contributed by atoms with Crippen molar-refractivity contribution in [1.29, 1.82) is 0 Å². The number of carbonyl (C=O) groups is 2. The molecule has 2 atom stereocenters. The molecular weight excluding hydrogens is 336 g/mol. The summed E-state index contributed by atoms with van der Waals surface area (Å²) < 4.78 is 15.9. The first-order valence-electron chi connectivity index (χ1n) is 8.82. The number of ether oxygens (including phenoxy) is 3. The number of para-hydroxylation sites is 1. The van der Waals surface area contributed by atoms with E-state index in [9.17, 15) is 9.59 Å². The lowest BCUT2D eigenvalue weighted by Gasteiger charge is -2.21. The van der Waals surface area contributed by atoms with E-state index < -0.39 is 0 Å². The van der Waals surface area contributed by atoms with Crippen LogP contribution < -0.4 is 14.8 Å². The Morgan fingerprint density at radius 3 is 2.58 bits per heavy atom. The number of rotatable bonds is 8. The molecule has 0 unspecified atom stereocenters. The van der Waals surface area contributed by atoms with E-state index in [-0.39, 0.29) is 23.7 Å². The van der Waals surface area contributed by atoms with Crippen molar-refractivity contribution in [2.75, 3.05) is 47.6 Å². The van der Waals surface area contributed by atoms with Crippen molar-refractivity contribution >= 4 is 11.8 Å². The highest BCUT2D eigenvalue weighted by Gasteiger charge is 2.41. The molecule has 1 aliphatic rings. The van der Waals surface area contributed by atoms with Gasteiger partial charge in [0.2, 0.25) is 11.8 Å². The second-order valence-corrected chi connectivity index (χ2v) is 6.23. The van der Waals surface area contributed by atoms with Crippen molar-refractivity contribution in [3.63, 3.8) is 0 Å². The molecule has 0 saturated carbocycles. The first-order valence-corrected chi connectivity index (χ1v) is 8.82. The number of methoxy groups -OCH3 is 3. The maximum absolute atomic E-state index is 12.7. The molecule has 1 fully saturated rings. The van der Waals surface area contributed by atoms with Gasteiger partial charge in [0.25, 0.3) is 0 Å². The van der Waals surface area contributed by atoms with Gasteiger partial charge >= 0.3 is 0 Å². The molecule has 1 aromatic carbocycles. The Kier molecular flexibility index (Phi) is 7.26. The molecule has 1 heterocycles. The molecule has 0 spiro atoms. The van der Waals surface area contributed by atoms with Gasteiger partial charge in [-0.3, -0.25) is 9.59 Å². The zero-order chi connectivity index (χ0) is 19.1. The van der Waals surface area contributed by atoms with E-state index in [4.69, 9.17) is 14.2 Å². The largest absolute Gasteiger partial charge is 0.493 e. The fourth-order valence-corrected chi connectivity index (χ4v) is 3.42. The molecule has 26 heavy (non-hydrogen) atoms. The zero-order valence-electron chi connectivity index (χ0n) is 15.9. The maximum Gasteiger partial charge on any atom is 0.225 e. The summed E-state index contributed by atoms with van der Waals surface area (Å²) in [6.45, 7) is 3.60. The van der Waals surface area contributed by atoms with Gasteiger partial charge in [0.15, 0.2) is 11.5 Å². The van der Waals surface area contributed by atoms with E-state index in [0.717, 1.165) is 5.56 Å². The fourth-order valence-electron chi connectivity index (χ4n) is 3.42. The van der Waals surface area contributed by atoms with Crippen LogP contribution in [0.3, 0.4) is 0 Å². The van der Waals surface area contributed by atoms with Crippen molar-refractivity contribution in [1.82, 2.24) is 10.2 Å². The molecule has 7 heteroatoms. The molecular formula is C19H28N2O5. The van der Waals surface area contributed by atoms with Crippen LogP contribution in [0.25, 0.3) is 0 Å². The van der Waals surface area contributed by atoms with Gasteiger partial charge in [-0.05, 0) is 6.07 Å². The predicted octanol–water partition coefficient (Wildman–Crippen LogP) is 1.42. The van der Waals surface area contributed by atoms with Gasteiger partial charge in [0.05, 0.1) is 26.7 Å². The number of hydrogen-bond acceptors (Lipinski definition) is 5. The highest BCUT2D eigenvalue weighted by Crippen LogP contribution is 2.42. The number of amides is 2. The van der Waals surface area contributed by atoms with E-state index in [0.29, 0.717) is 44.2 Å². The zero-order valence-corrected chi connectivity index (χ0v) is 15.9. The molecule has 0 aromatic heterocycles.